The molecule has 2 N–H and O–H groups in total. The second kappa shape index (κ2) is 5.28. The molecule has 1 atom stereocenters. The number of nitrogens with one attached hydrogen (secondary N) is 1. The van der Waals surface area contributed by atoms with Gasteiger partial charge in [0.25, 0.3) is 0 Å². The van der Waals surface area contributed by atoms with Gasteiger partial charge in [0.15, 0.2) is 0 Å². The number of hydrogen-bond donors (Lipinski definition) is 2. The summed E-state index contributed by atoms with van der Waals surface area (Å²) in [4.78, 5) is 0.780. The highest BCUT2D eigenvalue weighted by Crippen LogP contribution is 2.31. The van der Waals surface area contributed by atoms with Crippen LogP contribution in [0.1, 0.15) is 36.6 Å². The second-order valence-corrected chi connectivity index (χ2v) is 7.55. The summed E-state index contributed by atoms with van der Waals surface area (Å²) in [5.74, 6) is 0.455. The van der Waals surface area contributed by atoms with Crippen molar-refractivity contribution in [2.75, 3.05) is 0 Å². The summed E-state index contributed by atoms with van der Waals surface area (Å²) in [5.41, 5.74) is 0.706. The molecule has 2 rings (SSSR count). The van der Waals surface area contributed by atoms with E-state index < -0.39 is 10.0 Å². The Kier molecular flexibility index (Phi) is 4.11. The van der Waals surface area contributed by atoms with Gasteiger partial charge >= 0.3 is 0 Å². The SMILES string of the molecule is Cc1csc(CO)c1S(=O)(=O)NC(C)C1CCC1. The van der Waals surface area contributed by atoms with Crippen molar-refractivity contribution >= 4 is 21.4 Å². The third-order valence-electron chi connectivity index (χ3n) is 3.60. The number of sulfonamides is 1. The Balaban J connectivity index is 2.21. The van der Waals surface area contributed by atoms with Gasteiger partial charge in [-0.25, -0.2) is 13.1 Å². The molecule has 18 heavy (non-hydrogen) atoms. The van der Waals surface area contributed by atoms with E-state index in [-0.39, 0.29) is 17.5 Å². The van der Waals surface area contributed by atoms with Crippen LogP contribution in [-0.4, -0.2) is 19.6 Å². The maximum absolute atomic E-state index is 12.3. The summed E-state index contributed by atoms with van der Waals surface area (Å²) in [5, 5.41) is 11.0. The van der Waals surface area contributed by atoms with E-state index in [1.807, 2.05) is 6.92 Å². The average Bonchev–Trinajstić information content (AvgIpc) is 2.56. The van der Waals surface area contributed by atoms with E-state index in [4.69, 9.17) is 0 Å². The minimum Gasteiger partial charge on any atom is -0.391 e. The standard InChI is InChI=1S/C12H19NO3S2/c1-8-7-17-11(6-14)12(8)18(15,16)13-9(2)10-4-3-5-10/h7,9-10,13-14H,3-6H2,1-2H3. The third-order valence-corrected chi connectivity index (χ3v) is 6.61. The van der Waals surface area contributed by atoms with Crippen LogP contribution in [0.4, 0.5) is 0 Å². The van der Waals surface area contributed by atoms with Crippen molar-refractivity contribution in [2.45, 2.75) is 50.7 Å². The molecule has 6 heteroatoms. The summed E-state index contributed by atoms with van der Waals surface area (Å²) in [6, 6.07) is -0.0328. The zero-order chi connectivity index (χ0) is 13.3. The molecule has 0 aromatic carbocycles. The Bertz CT molecular complexity index is 517. The summed E-state index contributed by atoms with van der Waals surface area (Å²) >= 11 is 1.29. The highest BCUT2D eigenvalue weighted by atomic mass is 32.2. The van der Waals surface area contributed by atoms with Crippen molar-refractivity contribution in [3.8, 4) is 0 Å². The summed E-state index contributed by atoms with van der Waals surface area (Å²) in [6.45, 7) is 3.45. The van der Waals surface area contributed by atoms with E-state index in [9.17, 15) is 13.5 Å². The Hall–Kier alpha value is -0.430. The van der Waals surface area contributed by atoms with Crippen molar-refractivity contribution in [3.05, 3.63) is 15.8 Å². The predicted octanol–water partition coefficient (Wildman–Crippen LogP) is 2.02. The monoisotopic (exact) mass is 289 g/mol. The molecule has 0 spiro atoms. The van der Waals surface area contributed by atoms with E-state index in [0.717, 1.165) is 12.8 Å². The molecule has 0 radical (unpaired) electrons. The molecule has 0 saturated heterocycles. The lowest BCUT2D eigenvalue weighted by atomic mass is 9.81. The lowest BCUT2D eigenvalue weighted by molar-refractivity contribution is 0.260. The topological polar surface area (TPSA) is 66.4 Å². The maximum atomic E-state index is 12.3. The maximum Gasteiger partial charge on any atom is 0.242 e. The molecular weight excluding hydrogens is 270 g/mol. The summed E-state index contributed by atoms with van der Waals surface area (Å²) in [7, 11) is -3.51. The molecule has 1 aliphatic carbocycles. The number of aliphatic hydroxyl groups is 1. The minimum atomic E-state index is -3.51. The van der Waals surface area contributed by atoms with E-state index in [2.05, 4.69) is 4.72 Å². The third kappa shape index (κ3) is 2.61. The molecule has 1 unspecified atom stereocenters. The van der Waals surface area contributed by atoms with Gasteiger partial charge < -0.3 is 5.11 Å². The fourth-order valence-electron chi connectivity index (χ4n) is 2.30. The van der Waals surface area contributed by atoms with Crippen LogP contribution >= 0.6 is 11.3 Å². The van der Waals surface area contributed by atoms with E-state index >= 15 is 0 Å². The first kappa shape index (κ1) is 14.0. The van der Waals surface area contributed by atoms with Gasteiger partial charge in [0.05, 0.1) is 11.5 Å². The van der Waals surface area contributed by atoms with Crippen molar-refractivity contribution < 1.29 is 13.5 Å². The summed E-state index contributed by atoms with van der Waals surface area (Å²) < 4.78 is 27.4. The van der Waals surface area contributed by atoms with Crippen molar-refractivity contribution in [1.82, 2.24) is 4.72 Å². The Morgan fingerprint density at radius 1 is 1.56 bits per heavy atom. The van der Waals surface area contributed by atoms with Gasteiger partial charge in [-0.3, -0.25) is 0 Å². The van der Waals surface area contributed by atoms with E-state index in [1.54, 1.807) is 12.3 Å². The fourth-order valence-corrected chi connectivity index (χ4v) is 5.27. The quantitative estimate of drug-likeness (QED) is 0.871. The first-order valence-corrected chi connectivity index (χ1v) is 8.52. The van der Waals surface area contributed by atoms with Gasteiger partial charge in [0.2, 0.25) is 10.0 Å². The zero-order valence-corrected chi connectivity index (χ0v) is 12.3. The molecule has 102 valence electrons. The van der Waals surface area contributed by atoms with Crippen LogP contribution in [0.3, 0.4) is 0 Å². The lowest BCUT2D eigenvalue weighted by Crippen LogP contribution is -2.40. The van der Waals surface area contributed by atoms with Crippen LogP contribution in [0, 0.1) is 12.8 Å². The average molecular weight is 289 g/mol. The highest BCUT2D eigenvalue weighted by molar-refractivity contribution is 7.89. The smallest absolute Gasteiger partial charge is 0.242 e. The molecule has 0 aliphatic heterocycles. The first-order chi connectivity index (χ1) is 8.45. The van der Waals surface area contributed by atoms with Crippen LogP contribution in [0.2, 0.25) is 0 Å². The van der Waals surface area contributed by atoms with Crippen molar-refractivity contribution in [1.29, 1.82) is 0 Å². The summed E-state index contributed by atoms with van der Waals surface area (Å²) in [6.07, 6.45) is 3.38. The van der Waals surface area contributed by atoms with Gasteiger partial charge in [0.1, 0.15) is 4.90 Å². The van der Waals surface area contributed by atoms with Crippen molar-refractivity contribution in [2.24, 2.45) is 5.92 Å². The van der Waals surface area contributed by atoms with E-state index in [1.165, 1.54) is 17.8 Å². The predicted molar refractivity (Wildman–Crippen MR) is 72.1 cm³/mol. The zero-order valence-electron chi connectivity index (χ0n) is 10.6. The molecule has 0 amide bonds. The van der Waals surface area contributed by atoms with Crippen LogP contribution in [0.25, 0.3) is 0 Å². The molecule has 1 heterocycles. The molecule has 1 aromatic heterocycles. The van der Waals surface area contributed by atoms with Crippen molar-refractivity contribution in [3.63, 3.8) is 0 Å². The number of aliphatic hydroxyl groups excluding tert-OH is 1. The molecule has 1 saturated carbocycles. The molecule has 1 aliphatic rings. The fraction of sp³-hybridized carbons (Fsp3) is 0.667. The molecule has 1 aromatic rings. The largest absolute Gasteiger partial charge is 0.391 e. The second-order valence-electron chi connectivity index (χ2n) is 4.93. The van der Waals surface area contributed by atoms with Gasteiger partial charge in [-0.15, -0.1) is 11.3 Å². The number of thiophene rings is 1. The number of aryl methyl sites for hydroxylation is 1. The van der Waals surface area contributed by atoms with Crippen LogP contribution in [0.15, 0.2) is 10.3 Å². The number of hydrogen-bond acceptors (Lipinski definition) is 4. The van der Waals surface area contributed by atoms with Crippen LogP contribution < -0.4 is 4.72 Å². The molecule has 4 nitrogen and oxygen atoms in total. The molecule has 1 fully saturated rings. The van der Waals surface area contributed by atoms with Gasteiger partial charge in [0, 0.05) is 6.04 Å². The van der Waals surface area contributed by atoms with Crippen LogP contribution in [0.5, 0.6) is 0 Å². The normalized spacial score (nSPS) is 18.6. The lowest BCUT2D eigenvalue weighted by Gasteiger charge is -2.31. The number of rotatable bonds is 5. The van der Waals surface area contributed by atoms with Crippen LogP contribution in [-0.2, 0) is 16.6 Å². The van der Waals surface area contributed by atoms with E-state index in [0.29, 0.717) is 16.4 Å². The van der Waals surface area contributed by atoms with Gasteiger partial charge in [-0.05, 0) is 43.6 Å². The Morgan fingerprint density at radius 3 is 2.72 bits per heavy atom. The Labute approximate surface area is 112 Å². The first-order valence-electron chi connectivity index (χ1n) is 6.16. The molecule has 0 bridgehead atoms. The van der Waals surface area contributed by atoms with Gasteiger partial charge in [-0.2, -0.15) is 0 Å². The van der Waals surface area contributed by atoms with Gasteiger partial charge in [-0.1, -0.05) is 6.42 Å². The molecular formula is C12H19NO3S2. The minimum absolute atomic E-state index is 0.0328. The Morgan fingerprint density at radius 2 is 2.22 bits per heavy atom. The highest BCUT2D eigenvalue weighted by Gasteiger charge is 2.30.